The Morgan fingerprint density at radius 3 is 2.78 bits per heavy atom. The maximum atomic E-state index is 13.1. The molecule has 122 valence electrons. The second-order valence-electron chi connectivity index (χ2n) is 5.96. The fourth-order valence-electron chi connectivity index (χ4n) is 3.14. The predicted molar refractivity (Wildman–Crippen MR) is 86.3 cm³/mol. The molecule has 0 unspecified atom stereocenters. The molecule has 1 aliphatic rings. The summed E-state index contributed by atoms with van der Waals surface area (Å²) in [6.45, 7) is 1.17. The number of likely N-dealkylation sites (tertiary alicyclic amines) is 1. The van der Waals surface area contributed by atoms with E-state index in [2.05, 4.69) is 5.10 Å². The summed E-state index contributed by atoms with van der Waals surface area (Å²) in [7, 11) is 1.78. The Morgan fingerprint density at radius 2 is 2.09 bits per heavy atom. The van der Waals surface area contributed by atoms with Crippen LogP contribution in [0.1, 0.15) is 29.8 Å². The molecule has 3 rings (SSSR count). The van der Waals surface area contributed by atoms with Gasteiger partial charge in [0.2, 0.25) is 0 Å². The Balaban J connectivity index is 1.96. The van der Waals surface area contributed by atoms with Crippen LogP contribution in [0.5, 0.6) is 0 Å². The Kier molecular flexibility index (Phi) is 4.43. The molecule has 1 amide bonds. The van der Waals surface area contributed by atoms with Gasteiger partial charge in [0.15, 0.2) is 5.69 Å². The van der Waals surface area contributed by atoms with Gasteiger partial charge < -0.3 is 10.6 Å². The number of hydrogen-bond donors (Lipinski definition) is 1. The number of carbonyl (C=O) groups excluding carboxylic acids is 1. The van der Waals surface area contributed by atoms with E-state index in [1.807, 2.05) is 4.90 Å². The maximum absolute atomic E-state index is 13.1. The zero-order valence-electron chi connectivity index (χ0n) is 13.2. The average molecular weight is 316 g/mol. The number of piperidine rings is 1. The van der Waals surface area contributed by atoms with E-state index in [9.17, 15) is 9.18 Å². The summed E-state index contributed by atoms with van der Waals surface area (Å²) < 4.78 is 14.8. The molecular formula is C17H21FN4O. The van der Waals surface area contributed by atoms with Gasteiger partial charge in [-0.05, 0) is 37.0 Å². The number of halogens is 1. The van der Waals surface area contributed by atoms with E-state index in [0.717, 1.165) is 30.4 Å². The molecule has 5 nitrogen and oxygen atoms in total. The van der Waals surface area contributed by atoms with E-state index in [0.29, 0.717) is 18.8 Å². The lowest BCUT2D eigenvalue weighted by Crippen LogP contribution is -2.47. The molecule has 1 atom stereocenters. The minimum Gasteiger partial charge on any atom is -0.333 e. The Bertz CT molecular complexity index is 695. The summed E-state index contributed by atoms with van der Waals surface area (Å²) in [5.41, 5.74) is 7.72. The zero-order valence-corrected chi connectivity index (χ0v) is 13.2. The van der Waals surface area contributed by atoms with Crippen LogP contribution in [0, 0.1) is 5.82 Å². The van der Waals surface area contributed by atoms with Gasteiger partial charge in [-0.2, -0.15) is 5.10 Å². The van der Waals surface area contributed by atoms with Crippen molar-refractivity contribution in [2.45, 2.75) is 25.3 Å². The van der Waals surface area contributed by atoms with Gasteiger partial charge in [-0.25, -0.2) is 4.39 Å². The molecule has 0 spiro atoms. The van der Waals surface area contributed by atoms with Gasteiger partial charge in [0, 0.05) is 37.9 Å². The van der Waals surface area contributed by atoms with Crippen LogP contribution in [-0.2, 0) is 7.05 Å². The van der Waals surface area contributed by atoms with Crippen LogP contribution in [0.4, 0.5) is 4.39 Å². The van der Waals surface area contributed by atoms with Gasteiger partial charge in [0.25, 0.3) is 5.91 Å². The number of nitrogens with two attached hydrogens (primary N) is 1. The van der Waals surface area contributed by atoms with Crippen LogP contribution in [-0.4, -0.2) is 39.7 Å². The first kappa shape index (κ1) is 15.7. The number of rotatable bonds is 3. The van der Waals surface area contributed by atoms with E-state index >= 15 is 0 Å². The number of carbonyl (C=O) groups is 1. The number of hydrogen-bond acceptors (Lipinski definition) is 3. The van der Waals surface area contributed by atoms with E-state index in [1.165, 1.54) is 12.1 Å². The first-order valence-corrected chi connectivity index (χ1v) is 7.90. The topological polar surface area (TPSA) is 64.2 Å². The highest BCUT2D eigenvalue weighted by Crippen LogP contribution is 2.26. The van der Waals surface area contributed by atoms with Gasteiger partial charge in [-0.1, -0.05) is 12.1 Å². The third-order valence-corrected chi connectivity index (χ3v) is 4.35. The van der Waals surface area contributed by atoms with E-state index < -0.39 is 0 Å². The molecule has 1 aromatic heterocycles. The minimum absolute atomic E-state index is 0.0688. The summed E-state index contributed by atoms with van der Waals surface area (Å²) in [6.07, 6.45) is 4.81. The first-order valence-electron chi connectivity index (χ1n) is 7.90. The van der Waals surface area contributed by atoms with Crippen LogP contribution in [0.25, 0.3) is 11.1 Å². The van der Waals surface area contributed by atoms with E-state index in [-0.39, 0.29) is 17.8 Å². The van der Waals surface area contributed by atoms with Gasteiger partial charge in [0.1, 0.15) is 5.82 Å². The highest BCUT2D eigenvalue weighted by atomic mass is 19.1. The molecule has 23 heavy (non-hydrogen) atoms. The minimum atomic E-state index is -0.301. The second kappa shape index (κ2) is 6.50. The van der Waals surface area contributed by atoms with Crippen LogP contribution in [0.2, 0.25) is 0 Å². The van der Waals surface area contributed by atoms with Crippen LogP contribution in [0.3, 0.4) is 0 Å². The number of aromatic nitrogens is 2. The SMILES string of the molecule is Cn1cc(-c2ccc(F)cc2)c(C(=O)N2CCCC[C@H]2CN)n1. The van der Waals surface area contributed by atoms with Gasteiger partial charge in [-0.3, -0.25) is 9.48 Å². The molecule has 2 N–H and O–H groups in total. The normalized spacial score (nSPS) is 18.2. The van der Waals surface area contributed by atoms with Crippen LogP contribution in [0.15, 0.2) is 30.5 Å². The molecular weight excluding hydrogens is 295 g/mol. The predicted octanol–water partition coefficient (Wildman–Crippen LogP) is 2.18. The van der Waals surface area contributed by atoms with Crippen molar-refractivity contribution in [1.29, 1.82) is 0 Å². The highest BCUT2D eigenvalue weighted by Gasteiger charge is 2.29. The lowest BCUT2D eigenvalue weighted by molar-refractivity contribution is 0.0617. The summed E-state index contributed by atoms with van der Waals surface area (Å²) in [5.74, 6) is -0.398. The lowest BCUT2D eigenvalue weighted by Gasteiger charge is -2.34. The smallest absolute Gasteiger partial charge is 0.275 e. The quantitative estimate of drug-likeness (QED) is 0.944. The Labute approximate surface area is 134 Å². The summed E-state index contributed by atoms with van der Waals surface area (Å²) in [5, 5.41) is 4.34. The van der Waals surface area contributed by atoms with Crippen molar-refractivity contribution in [2.75, 3.05) is 13.1 Å². The molecule has 2 aromatic rings. The molecule has 0 bridgehead atoms. The average Bonchev–Trinajstić information content (AvgIpc) is 2.96. The van der Waals surface area contributed by atoms with Crippen molar-refractivity contribution in [3.05, 3.63) is 42.0 Å². The third kappa shape index (κ3) is 3.12. The number of amides is 1. The zero-order chi connectivity index (χ0) is 16.4. The molecule has 0 aliphatic carbocycles. The van der Waals surface area contributed by atoms with Crippen molar-refractivity contribution in [3.8, 4) is 11.1 Å². The fraction of sp³-hybridized carbons (Fsp3) is 0.412. The van der Waals surface area contributed by atoms with Crippen molar-refractivity contribution in [3.63, 3.8) is 0 Å². The Morgan fingerprint density at radius 1 is 1.35 bits per heavy atom. The summed E-state index contributed by atoms with van der Waals surface area (Å²) in [4.78, 5) is 14.8. The van der Waals surface area contributed by atoms with E-state index in [4.69, 9.17) is 5.73 Å². The lowest BCUT2D eigenvalue weighted by atomic mass is 10.00. The van der Waals surface area contributed by atoms with Crippen molar-refractivity contribution < 1.29 is 9.18 Å². The molecule has 0 radical (unpaired) electrons. The third-order valence-electron chi connectivity index (χ3n) is 4.35. The van der Waals surface area contributed by atoms with E-state index in [1.54, 1.807) is 30.1 Å². The molecule has 1 aliphatic heterocycles. The van der Waals surface area contributed by atoms with Crippen molar-refractivity contribution >= 4 is 5.91 Å². The molecule has 6 heteroatoms. The van der Waals surface area contributed by atoms with Crippen LogP contribution < -0.4 is 5.73 Å². The fourth-order valence-corrected chi connectivity index (χ4v) is 3.14. The number of benzene rings is 1. The Hall–Kier alpha value is -2.21. The second-order valence-corrected chi connectivity index (χ2v) is 5.96. The molecule has 1 aromatic carbocycles. The van der Waals surface area contributed by atoms with Gasteiger partial charge in [-0.15, -0.1) is 0 Å². The number of nitrogens with zero attached hydrogens (tertiary/aromatic N) is 3. The van der Waals surface area contributed by atoms with Crippen LogP contribution >= 0.6 is 0 Å². The maximum Gasteiger partial charge on any atom is 0.275 e. The molecule has 1 fully saturated rings. The first-order chi connectivity index (χ1) is 11.1. The summed E-state index contributed by atoms with van der Waals surface area (Å²) >= 11 is 0. The molecule has 2 heterocycles. The largest absolute Gasteiger partial charge is 0.333 e. The monoisotopic (exact) mass is 316 g/mol. The molecule has 0 saturated carbocycles. The standard InChI is InChI=1S/C17H21FN4O/c1-21-11-15(12-5-7-13(18)8-6-12)16(20-21)17(23)22-9-3-2-4-14(22)10-19/h5-8,11,14H,2-4,9-10,19H2,1H3/t14-/m0/s1. The molecule has 1 saturated heterocycles. The van der Waals surface area contributed by atoms with Crippen molar-refractivity contribution in [2.24, 2.45) is 12.8 Å². The van der Waals surface area contributed by atoms with Gasteiger partial charge in [0.05, 0.1) is 0 Å². The number of aryl methyl sites for hydroxylation is 1. The van der Waals surface area contributed by atoms with Gasteiger partial charge >= 0.3 is 0 Å². The summed E-state index contributed by atoms with van der Waals surface area (Å²) in [6, 6.07) is 6.18. The highest BCUT2D eigenvalue weighted by molar-refractivity contribution is 5.99. The van der Waals surface area contributed by atoms with Crippen molar-refractivity contribution in [1.82, 2.24) is 14.7 Å².